The fourth-order valence-corrected chi connectivity index (χ4v) is 14.9. The minimum Gasteiger partial charge on any atom is -0.457 e. The van der Waals surface area contributed by atoms with E-state index in [4.69, 9.17) is 4.74 Å². The summed E-state index contributed by atoms with van der Waals surface area (Å²) in [5, 5.41) is 0. The molecule has 2 aliphatic carbocycles. The maximum atomic E-state index is 6.77. The van der Waals surface area contributed by atoms with Crippen LogP contribution in [0.3, 0.4) is 0 Å². The predicted octanol–water partition coefficient (Wildman–Crippen LogP) is 19.5. The molecule has 16 rings (SSSR count). The van der Waals surface area contributed by atoms with Crippen molar-refractivity contribution < 1.29 is 4.74 Å². The molecule has 4 aliphatic rings. The van der Waals surface area contributed by atoms with Gasteiger partial charge in [-0.1, -0.05) is 224 Å². The molecule has 360 valence electrons. The molecule has 0 fully saturated rings. The Bertz CT molecular complexity index is 4200. The summed E-state index contributed by atoms with van der Waals surface area (Å²) in [5.41, 5.74) is 24.3. The molecule has 0 amide bonds. The van der Waals surface area contributed by atoms with E-state index in [1.165, 1.54) is 93.2 Å². The van der Waals surface area contributed by atoms with Crippen molar-refractivity contribution in [2.45, 2.75) is 20.6 Å². The lowest BCUT2D eigenvalue weighted by Crippen LogP contribution is -2.32. The largest absolute Gasteiger partial charge is 0.457 e. The van der Waals surface area contributed by atoms with Crippen molar-refractivity contribution >= 4 is 28.8 Å². The lowest BCUT2D eigenvalue weighted by atomic mass is 9.66. The van der Waals surface area contributed by atoms with Gasteiger partial charge in [-0.2, -0.15) is 0 Å². The SMILES string of the molecule is c1ccc(-c2cc(-c3ccccc3)cc(-c3ccc(N(c4ccc5c(c4)-c4ccccc4C54c5ccccc5Sc5ccccc54)c4cccc5c4-c4ccccc4C54c5ccccc5Oc5ccccc54)cc3)c2)cc1. The van der Waals surface area contributed by atoms with Crippen molar-refractivity contribution in [3.8, 4) is 67.1 Å². The number of ether oxygens (including phenoxy) is 1. The Kier molecular flexibility index (Phi) is 9.73. The van der Waals surface area contributed by atoms with Crippen LogP contribution in [0.2, 0.25) is 0 Å². The van der Waals surface area contributed by atoms with Gasteiger partial charge in [-0.25, -0.2) is 0 Å². The summed E-state index contributed by atoms with van der Waals surface area (Å²) in [5.74, 6) is 1.77. The Labute approximate surface area is 453 Å². The fourth-order valence-electron chi connectivity index (χ4n) is 13.7. The van der Waals surface area contributed by atoms with E-state index < -0.39 is 10.8 Å². The zero-order chi connectivity index (χ0) is 50.7. The number of benzene rings is 12. The van der Waals surface area contributed by atoms with E-state index in [0.717, 1.165) is 45.3 Å². The van der Waals surface area contributed by atoms with Gasteiger partial charge < -0.3 is 9.64 Å². The van der Waals surface area contributed by atoms with Gasteiger partial charge in [0.2, 0.25) is 0 Å². The number of hydrogen-bond donors (Lipinski definition) is 0. The van der Waals surface area contributed by atoms with Crippen molar-refractivity contribution in [2.75, 3.05) is 4.90 Å². The minimum atomic E-state index is -0.619. The van der Waals surface area contributed by atoms with Crippen LogP contribution >= 0.6 is 11.8 Å². The third-order valence-corrected chi connectivity index (χ3v) is 17.9. The monoisotopic (exact) mass is 997 g/mol. The highest BCUT2D eigenvalue weighted by molar-refractivity contribution is 7.99. The molecule has 12 aromatic carbocycles. The van der Waals surface area contributed by atoms with Gasteiger partial charge in [-0.05, 0) is 156 Å². The van der Waals surface area contributed by atoms with Crippen LogP contribution in [-0.2, 0) is 10.8 Å². The number of nitrogens with zero attached hydrogens (tertiary/aromatic N) is 1. The summed E-state index contributed by atoms with van der Waals surface area (Å²) in [7, 11) is 0. The Balaban J connectivity index is 0.940. The fraction of sp³-hybridized carbons (Fsp3) is 0.0270. The molecule has 0 unspecified atom stereocenters. The Morgan fingerprint density at radius 3 is 1.30 bits per heavy atom. The van der Waals surface area contributed by atoms with E-state index in [-0.39, 0.29) is 0 Å². The summed E-state index contributed by atoms with van der Waals surface area (Å²) in [6.07, 6.45) is 0. The molecule has 2 heterocycles. The molecule has 0 radical (unpaired) electrons. The van der Waals surface area contributed by atoms with Crippen LogP contribution in [0.25, 0.3) is 55.6 Å². The maximum Gasteiger partial charge on any atom is 0.132 e. The molecule has 77 heavy (non-hydrogen) atoms. The highest BCUT2D eigenvalue weighted by atomic mass is 32.2. The molecule has 0 saturated carbocycles. The molecule has 2 aliphatic heterocycles. The second-order valence-electron chi connectivity index (χ2n) is 20.6. The molecule has 12 aromatic rings. The van der Waals surface area contributed by atoms with Crippen LogP contribution in [0.5, 0.6) is 11.5 Å². The Hall–Kier alpha value is -9.41. The summed E-state index contributed by atoms with van der Waals surface area (Å²) in [4.78, 5) is 5.12. The third-order valence-electron chi connectivity index (χ3n) is 16.8. The number of fused-ring (bicyclic) bond motifs is 18. The van der Waals surface area contributed by atoms with Gasteiger partial charge in [0, 0.05) is 37.9 Å². The molecule has 3 heteroatoms. The second kappa shape index (κ2) is 17.1. The zero-order valence-corrected chi connectivity index (χ0v) is 42.7. The normalized spacial score (nSPS) is 14.0. The first-order chi connectivity index (χ1) is 38.2. The summed E-state index contributed by atoms with van der Waals surface area (Å²) in [6, 6.07) is 106. The van der Waals surface area contributed by atoms with E-state index in [2.05, 4.69) is 290 Å². The van der Waals surface area contributed by atoms with E-state index in [1.54, 1.807) is 0 Å². The van der Waals surface area contributed by atoms with Crippen LogP contribution in [0, 0.1) is 0 Å². The van der Waals surface area contributed by atoms with E-state index in [0.29, 0.717) is 0 Å². The van der Waals surface area contributed by atoms with Crippen molar-refractivity contribution in [1.82, 2.24) is 0 Å². The smallest absolute Gasteiger partial charge is 0.132 e. The standard InChI is InChI=1S/C74H47NOS/c1-3-20-48(21-4-1)51-44-52(49-22-5-2-6-23-49)46-53(45-51)50-38-40-54(41-39-50)75(55-42-43-61-58(47-55)56-24-7-9-26-59(56)73(61)64-30-13-17-36-70(64)77-71-37-18-14-31-65(71)73)67-33-19-32-66-72(67)57-25-8-10-27-60(57)74(66)62-28-11-15-34-68(62)76-69-35-16-12-29-63(69)74/h1-47H. The summed E-state index contributed by atoms with van der Waals surface area (Å²) >= 11 is 1.88. The number of anilines is 3. The highest BCUT2D eigenvalue weighted by Gasteiger charge is 2.53. The van der Waals surface area contributed by atoms with Crippen molar-refractivity contribution in [1.29, 1.82) is 0 Å². The van der Waals surface area contributed by atoms with Crippen LogP contribution in [0.1, 0.15) is 44.5 Å². The van der Waals surface area contributed by atoms with Gasteiger partial charge in [-0.3, -0.25) is 0 Å². The topological polar surface area (TPSA) is 12.5 Å². The van der Waals surface area contributed by atoms with Gasteiger partial charge in [0.25, 0.3) is 0 Å². The maximum absolute atomic E-state index is 6.77. The van der Waals surface area contributed by atoms with E-state index >= 15 is 0 Å². The first kappa shape index (κ1) is 43.9. The number of rotatable bonds is 6. The lowest BCUT2D eigenvalue weighted by Gasteiger charge is -2.40. The molecule has 2 nitrogen and oxygen atoms in total. The Morgan fingerprint density at radius 2 is 0.701 bits per heavy atom. The number of hydrogen-bond acceptors (Lipinski definition) is 3. The van der Waals surface area contributed by atoms with Gasteiger partial charge in [0.05, 0.1) is 16.5 Å². The van der Waals surface area contributed by atoms with Crippen molar-refractivity contribution in [2.24, 2.45) is 0 Å². The Morgan fingerprint density at radius 1 is 0.273 bits per heavy atom. The highest BCUT2D eigenvalue weighted by Crippen LogP contribution is 2.66. The van der Waals surface area contributed by atoms with E-state index in [1.807, 2.05) is 11.8 Å². The van der Waals surface area contributed by atoms with E-state index in [9.17, 15) is 0 Å². The predicted molar refractivity (Wildman–Crippen MR) is 316 cm³/mol. The first-order valence-corrected chi connectivity index (χ1v) is 27.4. The molecular weight excluding hydrogens is 951 g/mol. The molecule has 0 atom stereocenters. The zero-order valence-electron chi connectivity index (χ0n) is 41.9. The number of para-hydroxylation sites is 2. The summed E-state index contributed by atoms with van der Waals surface area (Å²) < 4.78 is 6.77. The molecule has 2 spiro atoms. The van der Waals surface area contributed by atoms with Gasteiger partial charge in [0.15, 0.2) is 0 Å². The van der Waals surface area contributed by atoms with Crippen LogP contribution in [0.15, 0.2) is 295 Å². The molecule has 0 saturated heterocycles. The second-order valence-corrected chi connectivity index (χ2v) is 21.7. The van der Waals surface area contributed by atoms with Gasteiger partial charge in [-0.15, -0.1) is 0 Å². The van der Waals surface area contributed by atoms with Crippen LogP contribution < -0.4 is 9.64 Å². The average molecular weight is 998 g/mol. The molecule has 0 aromatic heterocycles. The van der Waals surface area contributed by atoms with Gasteiger partial charge in [0.1, 0.15) is 11.5 Å². The van der Waals surface area contributed by atoms with Crippen molar-refractivity contribution in [3.63, 3.8) is 0 Å². The molecule has 0 bridgehead atoms. The van der Waals surface area contributed by atoms with Crippen LogP contribution in [0.4, 0.5) is 17.1 Å². The van der Waals surface area contributed by atoms with Gasteiger partial charge >= 0.3 is 0 Å². The quantitative estimate of drug-likeness (QED) is 0.165. The molecule has 0 N–H and O–H groups in total. The lowest BCUT2D eigenvalue weighted by molar-refractivity contribution is 0.436. The minimum absolute atomic E-state index is 0.481. The average Bonchev–Trinajstić information content (AvgIpc) is 4.14. The first-order valence-electron chi connectivity index (χ1n) is 26.6. The molecular formula is C74H47NOS. The third kappa shape index (κ3) is 6.32. The van der Waals surface area contributed by atoms with Crippen molar-refractivity contribution in [3.05, 3.63) is 330 Å². The van der Waals surface area contributed by atoms with Crippen LogP contribution in [-0.4, -0.2) is 0 Å². The summed E-state index contributed by atoms with van der Waals surface area (Å²) in [6.45, 7) is 0.